The molecule has 0 fully saturated rings. The van der Waals surface area contributed by atoms with Crippen LogP contribution in [0.1, 0.15) is 25.0 Å². The number of ether oxygens (including phenoxy) is 1. The van der Waals surface area contributed by atoms with Crippen LogP contribution in [0.3, 0.4) is 0 Å². The van der Waals surface area contributed by atoms with Crippen molar-refractivity contribution in [3.8, 4) is 17.0 Å². The Bertz CT molecular complexity index is 1300. The molecule has 0 amide bonds. The lowest BCUT2D eigenvalue weighted by molar-refractivity contribution is 0.372. The number of benzene rings is 2. The zero-order chi connectivity index (χ0) is 24.2. The third-order valence-corrected chi connectivity index (χ3v) is 5.60. The largest absolute Gasteiger partial charge is 0.494 e. The molecule has 0 unspecified atom stereocenters. The van der Waals surface area contributed by atoms with Crippen molar-refractivity contribution >= 4 is 17.2 Å². The summed E-state index contributed by atoms with van der Waals surface area (Å²) in [5, 5.41) is 6.68. The van der Waals surface area contributed by atoms with Crippen molar-refractivity contribution in [1.29, 1.82) is 0 Å². The molecule has 1 atom stereocenters. The van der Waals surface area contributed by atoms with Crippen molar-refractivity contribution in [1.82, 2.24) is 19.7 Å². The number of nitrogens with two attached hydrogens (primary N) is 1. The number of hydrogen-bond donors (Lipinski definition) is 3. The highest BCUT2D eigenvalue weighted by Gasteiger charge is 2.19. The molecule has 2 heterocycles. The zero-order valence-electron chi connectivity index (χ0n) is 19.4. The fourth-order valence-corrected chi connectivity index (χ4v) is 3.87. The Kier molecular flexibility index (Phi) is 7.04. The summed E-state index contributed by atoms with van der Waals surface area (Å²) in [4.78, 5) is 8.83. The molecule has 0 aliphatic carbocycles. The van der Waals surface area contributed by atoms with Crippen molar-refractivity contribution < 1.29 is 13.5 Å². The van der Waals surface area contributed by atoms with Crippen LogP contribution in [-0.4, -0.2) is 34.1 Å². The average Bonchev–Trinajstić information content (AvgIpc) is 3.26. The lowest BCUT2D eigenvalue weighted by Crippen LogP contribution is -2.30. The van der Waals surface area contributed by atoms with Gasteiger partial charge in [-0.15, -0.1) is 0 Å². The molecular formula is C25H28F2N6O. The fourth-order valence-electron chi connectivity index (χ4n) is 3.87. The third-order valence-electron chi connectivity index (χ3n) is 5.60. The summed E-state index contributed by atoms with van der Waals surface area (Å²) >= 11 is 0. The van der Waals surface area contributed by atoms with Crippen LogP contribution in [-0.2, 0) is 13.0 Å². The summed E-state index contributed by atoms with van der Waals surface area (Å²) in [6.07, 6.45) is 5.62. The van der Waals surface area contributed by atoms with Gasteiger partial charge in [0.05, 0.1) is 19.0 Å². The topological polar surface area (TPSA) is 89.5 Å². The number of rotatable bonds is 9. The Balaban J connectivity index is 1.63. The highest BCUT2D eigenvalue weighted by Crippen LogP contribution is 2.31. The van der Waals surface area contributed by atoms with Gasteiger partial charge in [0.25, 0.3) is 0 Å². The highest BCUT2D eigenvalue weighted by molar-refractivity contribution is 5.75. The smallest absolute Gasteiger partial charge is 0.201 e. The van der Waals surface area contributed by atoms with Crippen LogP contribution in [0, 0.1) is 11.6 Å². The Morgan fingerprint density at radius 2 is 1.94 bits per heavy atom. The van der Waals surface area contributed by atoms with Gasteiger partial charge in [0.1, 0.15) is 0 Å². The zero-order valence-corrected chi connectivity index (χ0v) is 19.4. The maximum atomic E-state index is 14.7. The predicted molar refractivity (Wildman–Crippen MR) is 129 cm³/mol. The number of imidazole rings is 1. The molecule has 4 rings (SSSR count). The molecule has 0 saturated carbocycles. The van der Waals surface area contributed by atoms with E-state index >= 15 is 0 Å². The van der Waals surface area contributed by atoms with E-state index in [1.165, 1.54) is 36.6 Å². The summed E-state index contributed by atoms with van der Waals surface area (Å²) in [5.41, 5.74) is 10.1. The van der Waals surface area contributed by atoms with Crippen molar-refractivity contribution in [3.05, 3.63) is 71.7 Å². The van der Waals surface area contributed by atoms with Crippen LogP contribution in [0.2, 0.25) is 0 Å². The van der Waals surface area contributed by atoms with E-state index in [1.54, 1.807) is 16.8 Å². The molecule has 0 aliphatic rings. The second-order valence-electron chi connectivity index (χ2n) is 8.13. The number of aryl methyl sites for hydroxylation is 1. The van der Waals surface area contributed by atoms with Crippen molar-refractivity contribution in [3.63, 3.8) is 0 Å². The van der Waals surface area contributed by atoms with Crippen molar-refractivity contribution in [2.45, 2.75) is 32.9 Å². The Labute approximate surface area is 197 Å². The second kappa shape index (κ2) is 10.1. The molecule has 2 aromatic heterocycles. The van der Waals surface area contributed by atoms with Gasteiger partial charge in [-0.1, -0.05) is 13.0 Å². The molecule has 4 N–H and O–H groups in total. The average molecular weight is 467 g/mol. The van der Waals surface area contributed by atoms with E-state index in [1.807, 2.05) is 13.0 Å². The molecule has 0 bridgehead atoms. The first-order chi connectivity index (χ1) is 16.4. The van der Waals surface area contributed by atoms with Gasteiger partial charge in [-0.05, 0) is 48.7 Å². The minimum atomic E-state index is -1.04. The van der Waals surface area contributed by atoms with E-state index in [4.69, 9.17) is 10.5 Å². The summed E-state index contributed by atoms with van der Waals surface area (Å²) in [6.45, 7) is 5.56. The maximum absolute atomic E-state index is 14.7. The van der Waals surface area contributed by atoms with Crippen molar-refractivity contribution in [2.24, 2.45) is 5.73 Å². The first kappa shape index (κ1) is 23.6. The SMILES string of the molecule is CCc1cc(Nc2nccn3c(-c4ccc(OC)c(F)c4F)cnc23)ccc1CNC[C@H](C)N. The Hall–Kier alpha value is -3.56. The molecule has 4 aromatic rings. The van der Waals surface area contributed by atoms with Gasteiger partial charge >= 0.3 is 0 Å². The molecule has 9 heteroatoms. The normalized spacial score (nSPS) is 12.2. The van der Waals surface area contributed by atoms with Crippen LogP contribution in [0.4, 0.5) is 20.3 Å². The number of anilines is 2. The molecule has 2 aromatic carbocycles. The monoisotopic (exact) mass is 466 g/mol. The first-order valence-corrected chi connectivity index (χ1v) is 11.1. The number of nitrogens with zero attached hydrogens (tertiary/aromatic N) is 3. The van der Waals surface area contributed by atoms with Gasteiger partial charge in [0.2, 0.25) is 5.82 Å². The first-order valence-electron chi connectivity index (χ1n) is 11.1. The minimum absolute atomic E-state index is 0.0832. The van der Waals surface area contributed by atoms with E-state index in [0.29, 0.717) is 17.2 Å². The Morgan fingerprint density at radius 3 is 2.68 bits per heavy atom. The maximum Gasteiger partial charge on any atom is 0.201 e. The predicted octanol–water partition coefficient (Wildman–Crippen LogP) is 4.43. The van der Waals surface area contributed by atoms with Crippen LogP contribution < -0.4 is 21.1 Å². The van der Waals surface area contributed by atoms with E-state index in [9.17, 15) is 8.78 Å². The van der Waals surface area contributed by atoms with Gasteiger partial charge in [-0.3, -0.25) is 4.40 Å². The molecule has 34 heavy (non-hydrogen) atoms. The number of nitrogens with one attached hydrogen (secondary N) is 2. The third kappa shape index (κ3) is 4.71. The number of halogens is 2. The van der Waals surface area contributed by atoms with Crippen LogP contribution in [0.25, 0.3) is 16.9 Å². The highest BCUT2D eigenvalue weighted by atomic mass is 19.2. The molecule has 0 spiro atoms. The van der Waals surface area contributed by atoms with Gasteiger partial charge in [-0.2, -0.15) is 4.39 Å². The fraction of sp³-hybridized carbons (Fsp3) is 0.280. The van der Waals surface area contributed by atoms with Crippen LogP contribution >= 0.6 is 0 Å². The Morgan fingerprint density at radius 1 is 1.12 bits per heavy atom. The molecule has 0 saturated heterocycles. The number of fused-ring (bicyclic) bond motifs is 1. The van der Waals surface area contributed by atoms with Gasteiger partial charge in [0.15, 0.2) is 23.0 Å². The molecule has 0 radical (unpaired) electrons. The van der Waals surface area contributed by atoms with Crippen LogP contribution in [0.15, 0.2) is 48.9 Å². The van der Waals surface area contributed by atoms with E-state index in [0.717, 1.165) is 25.2 Å². The van der Waals surface area contributed by atoms with Gasteiger partial charge in [0, 0.05) is 42.8 Å². The standard InChI is InChI=1S/C25H28F2N6O/c1-4-16-11-18(6-5-17(16)13-29-12-15(2)28)32-24-25-31-14-20(33(25)10-9-30-24)19-7-8-21(34-3)23(27)22(19)26/h5-11,14-15,29H,4,12-13,28H2,1-3H3,(H,30,32)/t15-/m0/s1. The van der Waals surface area contributed by atoms with Gasteiger partial charge in [-0.25, -0.2) is 14.4 Å². The van der Waals surface area contributed by atoms with E-state index < -0.39 is 11.6 Å². The second-order valence-corrected chi connectivity index (χ2v) is 8.13. The summed E-state index contributed by atoms with van der Waals surface area (Å²) in [7, 11) is 1.29. The van der Waals surface area contributed by atoms with E-state index in [-0.39, 0.29) is 17.4 Å². The molecule has 0 aliphatic heterocycles. The van der Waals surface area contributed by atoms with Crippen molar-refractivity contribution in [2.75, 3.05) is 19.0 Å². The molecule has 7 nitrogen and oxygen atoms in total. The number of aromatic nitrogens is 3. The van der Waals surface area contributed by atoms with Gasteiger partial charge < -0.3 is 21.1 Å². The summed E-state index contributed by atoms with van der Waals surface area (Å²) < 4.78 is 35.5. The summed E-state index contributed by atoms with van der Waals surface area (Å²) in [6, 6.07) is 9.10. The molecule has 178 valence electrons. The minimum Gasteiger partial charge on any atom is -0.494 e. The molecular weight excluding hydrogens is 438 g/mol. The quantitative estimate of drug-likeness (QED) is 0.338. The van der Waals surface area contributed by atoms with E-state index in [2.05, 4.69) is 39.7 Å². The number of hydrogen-bond acceptors (Lipinski definition) is 6. The summed E-state index contributed by atoms with van der Waals surface area (Å²) in [5.74, 6) is -1.67. The lowest BCUT2D eigenvalue weighted by atomic mass is 10.0. The lowest BCUT2D eigenvalue weighted by Gasteiger charge is -2.14. The number of methoxy groups -OCH3 is 1. The van der Waals surface area contributed by atoms with Crippen LogP contribution in [0.5, 0.6) is 5.75 Å².